The minimum absolute atomic E-state index is 0.478. The summed E-state index contributed by atoms with van der Waals surface area (Å²) in [4.78, 5) is 4.19. The Morgan fingerprint density at radius 2 is 2.29 bits per heavy atom. The number of hydrogen-bond donors (Lipinski definition) is 2. The molecule has 0 aliphatic rings. The monoisotopic (exact) mass is 193 g/mol. The first kappa shape index (κ1) is 10.8. The molecule has 1 aromatic heterocycles. The molecule has 0 saturated carbocycles. The van der Waals surface area contributed by atoms with Crippen LogP contribution >= 0.6 is 0 Å². The summed E-state index contributed by atoms with van der Waals surface area (Å²) in [6, 6.07) is 4.26. The first-order valence-electron chi connectivity index (χ1n) is 5.20. The van der Waals surface area contributed by atoms with Crippen LogP contribution in [-0.4, -0.2) is 11.0 Å². The van der Waals surface area contributed by atoms with Crippen LogP contribution in [0.2, 0.25) is 0 Å². The number of nitrogens with two attached hydrogens (primary N) is 1. The number of rotatable bonds is 5. The van der Waals surface area contributed by atoms with Crippen molar-refractivity contribution in [1.29, 1.82) is 0 Å². The van der Waals surface area contributed by atoms with E-state index in [1.165, 1.54) is 19.3 Å². The molecule has 0 aliphatic carbocycles. The molecule has 3 N–H and O–H groups in total. The predicted octanol–water partition coefficient (Wildman–Crippen LogP) is 2.65. The zero-order valence-corrected chi connectivity index (χ0v) is 8.96. The number of pyridine rings is 1. The zero-order valence-electron chi connectivity index (χ0n) is 8.96. The molecule has 78 valence electrons. The first-order chi connectivity index (χ1) is 6.72. The van der Waals surface area contributed by atoms with Gasteiger partial charge in [-0.3, -0.25) is 0 Å². The van der Waals surface area contributed by atoms with Crippen molar-refractivity contribution in [1.82, 2.24) is 4.98 Å². The Labute approximate surface area is 85.7 Å². The lowest BCUT2D eigenvalue weighted by Gasteiger charge is -2.13. The van der Waals surface area contributed by atoms with Crippen LogP contribution in [0.5, 0.6) is 0 Å². The van der Waals surface area contributed by atoms with Crippen LogP contribution in [0.15, 0.2) is 18.3 Å². The third-order valence-corrected chi connectivity index (χ3v) is 2.17. The van der Waals surface area contributed by atoms with Crippen LogP contribution in [0.3, 0.4) is 0 Å². The smallest absolute Gasteiger partial charge is 0.126 e. The van der Waals surface area contributed by atoms with Crippen molar-refractivity contribution in [3.63, 3.8) is 0 Å². The van der Waals surface area contributed by atoms with Gasteiger partial charge in [-0.1, -0.05) is 19.8 Å². The van der Waals surface area contributed by atoms with Gasteiger partial charge in [-0.05, 0) is 25.5 Å². The molecule has 3 nitrogen and oxygen atoms in total. The van der Waals surface area contributed by atoms with Crippen LogP contribution in [0.1, 0.15) is 33.1 Å². The highest BCUT2D eigenvalue weighted by molar-refractivity contribution is 5.44. The third kappa shape index (κ3) is 3.64. The van der Waals surface area contributed by atoms with E-state index in [2.05, 4.69) is 24.1 Å². The fraction of sp³-hybridized carbons (Fsp3) is 0.545. The Balaban J connectivity index is 2.39. The number of anilines is 2. The van der Waals surface area contributed by atoms with E-state index >= 15 is 0 Å². The summed E-state index contributed by atoms with van der Waals surface area (Å²) < 4.78 is 0. The number of aromatic nitrogens is 1. The lowest BCUT2D eigenvalue weighted by molar-refractivity contribution is 0.643. The Kier molecular flexibility index (Phi) is 4.23. The molecule has 1 atom stereocenters. The minimum Gasteiger partial charge on any atom is -0.397 e. The largest absolute Gasteiger partial charge is 0.397 e. The Hall–Kier alpha value is -1.25. The number of nitrogen functional groups attached to an aromatic ring is 1. The number of unbranched alkanes of at least 4 members (excludes halogenated alkanes) is 1. The molecule has 1 rings (SSSR count). The molecular formula is C11H19N3. The Bertz CT molecular complexity index is 256. The second-order valence-electron chi connectivity index (χ2n) is 3.66. The Morgan fingerprint density at radius 1 is 1.50 bits per heavy atom. The van der Waals surface area contributed by atoms with E-state index in [1.54, 1.807) is 6.20 Å². The van der Waals surface area contributed by atoms with Gasteiger partial charge < -0.3 is 11.1 Å². The predicted molar refractivity (Wildman–Crippen MR) is 61.3 cm³/mol. The highest BCUT2D eigenvalue weighted by atomic mass is 15.0. The van der Waals surface area contributed by atoms with Gasteiger partial charge in [0.25, 0.3) is 0 Å². The molecule has 0 fully saturated rings. The van der Waals surface area contributed by atoms with Crippen molar-refractivity contribution in [3.05, 3.63) is 18.3 Å². The summed E-state index contributed by atoms with van der Waals surface area (Å²) in [5.41, 5.74) is 6.25. The topological polar surface area (TPSA) is 50.9 Å². The molecular weight excluding hydrogens is 174 g/mol. The van der Waals surface area contributed by atoms with Gasteiger partial charge >= 0.3 is 0 Å². The normalized spacial score (nSPS) is 12.4. The summed E-state index contributed by atoms with van der Waals surface area (Å²) in [7, 11) is 0. The van der Waals surface area contributed by atoms with Gasteiger partial charge in [0, 0.05) is 6.04 Å². The van der Waals surface area contributed by atoms with E-state index in [4.69, 9.17) is 5.73 Å². The molecule has 1 heterocycles. The molecule has 0 saturated heterocycles. The van der Waals surface area contributed by atoms with Gasteiger partial charge in [0.05, 0.1) is 11.9 Å². The molecule has 0 aliphatic heterocycles. The highest BCUT2D eigenvalue weighted by Crippen LogP contribution is 2.10. The molecule has 0 spiro atoms. The molecule has 1 unspecified atom stereocenters. The number of nitrogens with one attached hydrogen (secondary N) is 1. The van der Waals surface area contributed by atoms with E-state index in [0.717, 1.165) is 5.82 Å². The summed E-state index contributed by atoms with van der Waals surface area (Å²) in [5, 5.41) is 3.34. The van der Waals surface area contributed by atoms with Crippen LogP contribution in [0.4, 0.5) is 11.5 Å². The molecule has 0 bridgehead atoms. The maximum atomic E-state index is 5.55. The van der Waals surface area contributed by atoms with Crippen molar-refractivity contribution in [2.75, 3.05) is 11.1 Å². The molecule has 14 heavy (non-hydrogen) atoms. The summed E-state index contributed by atoms with van der Waals surface area (Å²) in [6.07, 6.45) is 5.35. The molecule has 0 radical (unpaired) electrons. The fourth-order valence-electron chi connectivity index (χ4n) is 1.33. The van der Waals surface area contributed by atoms with Gasteiger partial charge in [0.2, 0.25) is 0 Å². The van der Waals surface area contributed by atoms with Crippen molar-refractivity contribution < 1.29 is 0 Å². The fourth-order valence-corrected chi connectivity index (χ4v) is 1.33. The molecule has 3 heteroatoms. The summed E-state index contributed by atoms with van der Waals surface area (Å²) in [6.45, 7) is 4.38. The van der Waals surface area contributed by atoms with Gasteiger partial charge in [0.15, 0.2) is 0 Å². The standard InChI is InChI=1S/C11H19N3/c1-3-4-5-9(2)14-11-7-6-10(12)8-13-11/h6-9H,3-5,12H2,1-2H3,(H,13,14). The van der Waals surface area contributed by atoms with Crippen molar-refractivity contribution in [2.24, 2.45) is 0 Å². The van der Waals surface area contributed by atoms with Crippen LogP contribution in [0, 0.1) is 0 Å². The maximum absolute atomic E-state index is 5.55. The lowest BCUT2D eigenvalue weighted by atomic mass is 10.1. The van der Waals surface area contributed by atoms with Gasteiger partial charge in [-0.15, -0.1) is 0 Å². The van der Waals surface area contributed by atoms with Crippen LogP contribution < -0.4 is 11.1 Å². The first-order valence-corrected chi connectivity index (χ1v) is 5.20. The van der Waals surface area contributed by atoms with E-state index in [0.29, 0.717) is 11.7 Å². The maximum Gasteiger partial charge on any atom is 0.126 e. The van der Waals surface area contributed by atoms with E-state index in [9.17, 15) is 0 Å². The minimum atomic E-state index is 0.478. The van der Waals surface area contributed by atoms with Crippen molar-refractivity contribution in [2.45, 2.75) is 39.2 Å². The van der Waals surface area contributed by atoms with Gasteiger partial charge in [0.1, 0.15) is 5.82 Å². The highest BCUT2D eigenvalue weighted by Gasteiger charge is 2.01. The number of nitrogens with zero attached hydrogens (tertiary/aromatic N) is 1. The number of hydrogen-bond acceptors (Lipinski definition) is 3. The summed E-state index contributed by atoms with van der Waals surface area (Å²) in [5.74, 6) is 0.905. The van der Waals surface area contributed by atoms with Gasteiger partial charge in [-0.2, -0.15) is 0 Å². The second kappa shape index (κ2) is 5.47. The van der Waals surface area contributed by atoms with Crippen LogP contribution in [0.25, 0.3) is 0 Å². The average molecular weight is 193 g/mol. The third-order valence-electron chi connectivity index (χ3n) is 2.17. The molecule has 0 amide bonds. The van der Waals surface area contributed by atoms with E-state index in [-0.39, 0.29) is 0 Å². The summed E-state index contributed by atoms with van der Waals surface area (Å²) >= 11 is 0. The Morgan fingerprint density at radius 3 is 2.86 bits per heavy atom. The second-order valence-corrected chi connectivity index (χ2v) is 3.66. The lowest BCUT2D eigenvalue weighted by Crippen LogP contribution is -2.15. The van der Waals surface area contributed by atoms with Crippen molar-refractivity contribution >= 4 is 11.5 Å². The van der Waals surface area contributed by atoms with E-state index < -0.39 is 0 Å². The molecule has 0 aromatic carbocycles. The van der Waals surface area contributed by atoms with E-state index in [1.807, 2.05) is 12.1 Å². The quantitative estimate of drug-likeness (QED) is 0.755. The van der Waals surface area contributed by atoms with Crippen molar-refractivity contribution in [3.8, 4) is 0 Å². The molecule has 1 aromatic rings. The van der Waals surface area contributed by atoms with Crippen LogP contribution in [-0.2, 0) is 0 Å². The average Bonchev–Trinajstić information content (AvgIpc) is 2.18. The van der Waals surface area contributed by atoms with Gasteiger partial charge in [-0.25, -0.2) is 4.98 Å². The zero-order chi connectivity index (χ0) is 10.4. The SMILES string of the molecule is CCCCC(C)Nc1ccc(N)cn1.